The smallest absolute Gasteiger partial charge is 0.255 e. The number of hydrogen-bond acceptors (Lipinski definition) is 3. The Bertz CT molecular complexity index is 722. The molecule has 0 spiro atoms. The Morgan fingerprint density at radius 2 is 2.04 bits per heavy atom. The number of hydrogen-bond donors (Lipinski definition) is 0. The average molecular weight is 310 g/mol. The van der Waals surface area contributed by atoms with Crippen molar-refractivity contribution in [2.75, 3.05) is 13.7 Å². The van der Waals surface area contributed by atoms with Gasteiger partial charge in [0.25, 0.3) is 5.91 Å². The number of nitriles is 1. The van der Waals surface area contributed by atoms with E-state index in [1.807, 2.05) is 4.90 Å². The fourth-order valence-corrected chi connectivity index (χ4v) is 5.64. The molecule has 4 bridgehead atoms. The summed E-state index contributed by atoms with van der Waals surface area (Å²) in [6, 6.07) is 9.76. The fraction of sp³-hybridized carbons (Fsp3) is 0.579. The predicted octanol–water partition coefficient (Wildman–Crippen LogP) is 3.24. The third-order valence-electron chi connectivity index (χ3n) is 7.32. The third kappa shape index (κ3) is 1.44. The van der Waals surface area contributed by atoms with E-state index >= 15 is 0 Å². The SMILES string of the molecule is COc1ccc(C(=O)N2C[C@@]3(C)[C@H]4CC[C@]3(C)[C@@]2(C#N)C4)cc1. The molecule has 1 aromatic rings. The van der Waals surface area contributed by atoms with Gasteiger partial charge in [-0.3, -0.25) is 4.79 Å². The summed E-state index contributed by atoms with van der Waals surface area (Å²) in [7, 11) is 1.61. The number of nitrogens with zero attached hydrogens (tertiary/aromatic N) is 2. The second kappa shape index (κ2) is 4.29. The van der Waals surface area contributed by atoms with Crippen LogP contribution in [0, 0.1) is 28.1 Å². The first-order valence-corrected chi connectivity index (χ1v) is 8.29. The molecule has 2 aliphatic carbocycles. The topological polar surface area (TPSA) is 53.3 Å². The normalized spacial score (nSPS) is 40.3. The van der Waals surface area contributed by atoms with Gasteiger partial charge in [0.15, 0.2) is 0 Å². The van der Waals surface area contributed by atoms with Crippen LogP contribution in [0.2, 0.25) is 0 Å². The van der Waals surface area contributed by atoms with E-state index in [0.717, 1.165) is 18.6 Å². The molecule has 0 radical (unpaired) electrons. The van der Waals surface area contributed by atoms with Crippen LogP contribution in [-0.2, 0) is 0 Å². The molecule has 0 aromatic heterocycles. The summed E-state index contributed by atoms with van der Waals surface area (Å²) in [6.45, 7) is 5.21. The zero-order valence-electron chi connectivity index (χ0n) is 13.9. The average Bonchev–Trinajstić information content (AvgIpc) is 3.03. The molecule has 4 atom stereocenters. The Kier molecular flexibility index (Phi) is 2.71. The first kappa shape index (κ1) is 14.6. The molecule has 1 amide bonds. The molecule has 0 unspecified atom stereocenters. The van der Waals surface area contributed by atoms with E-state index in [0.29, 0.717) is 18.0 Å². The summed E-state index contributed by atoms with van der Waals surface area (Å²) >= 11 is 0. The highest BCUT2D eigenvalue weighted by Gasteiger charge is 2.78. The lowest BCUT2D eigenvalue weighted by molar-refractivity contribution is 0.0430. The van der Waals surface area contributed by atoms with Gasteiger partial charge in [-0.25, -0.2) is 0 Å². The predicted molar refractivity (Wildman–Crippen MR) is 85.9 cm³/mol. The maximum Gasteiger partial charge on any atom is 0.255 e. The van der Waals surface area contributed by atoms with Crippen molar-refractivity contribution in [2.24, 2.45) is 16.7 Å². The molecule has 0 N–H and O–H groups in total. The van der Waals surface area contributed by atoms with Crippen molar-refractivity contribution in [3.05, 3.63) is 29.8 Å². The molecule has 4 heteroatoms. The highest BCUT2D eigenvalue weighted by Crippen LogP contribution is 2.75. The summed E-state index contributed by atoms with van der Waals surface area (Å²) in [6.07, 6.45) is 3.08. The second-order valence-electron chi connectivity index (χ2n) is 7.78. The molecule has 1 aromatic carbocycles. The van der Waals surface area contributed by atoms with Crippen molar-refractivity contribution < 1.29 is 9.53 Å². The number of ether oxygens (including phenoxy) is 1. The highest BCUT2D eigenvalue weighted by molar-refractivity contribution is 5.96. The van der Waals surface area contributed by atoms with Gasteiger partial charge >= 0.3 is 0 Å². The molecule has 23 heavy (non-hydrogen) atoms. The van der Waals surface area contributed by atoms with Gasteiger partial charge in [-0.2, -0.15) is 5.26 Å². The lowest BCUT2D eigenvalue weighted by atomic mass is 9.66. The quantitative estimate of drug-likeness (QED) is 0.842. The van der Waals surface area contributed by atoms with Crippen LogP contribution in [0.25, 0.3) is 0 Å². The van der Waals surface area contributed by atoms with Crippen molar-refractivity contribution in [3.63, 3.8) is 0 Å². The monoisotopic (exact) mass is 310 g/mol. The van der Waals surface area contributed by atoms with E-state index < -0.39 is 5.54 Å². The van der Waals surface area contributed by atoms with Crippen molar-refractivity contribution in [3.8, 4) is 11.8 Å². The number of piperidine rings is 1. The number of carbonyl (C=O) groups is 1. The second-order valence-corrected chi connectivity index (χ2v) is 7.78. The van der Waals surface area contributed by atoms with Crippen LogP contribution in [0.3, 0.4) is 0 Å². The molecular weight excluding hydrogens is 288 g/mol. The molecule has 4 nitrogen and oxygen atoms in total. The number of likely N-dealkylation sites (tertiary alicyclic amines) is 1. The molecule has 4 rings (SSSR count). The zero-order valence-corrected chi connectivity index (χ0v) is 13.9. The first-order chi connectivity index (χ1) is 10.9. The Labute approximate surface area is 137 Å². The summed E-state index contributed by atoms with van der Waals surface area (Å²) < 4.78 is 5.16. The molecule has 2 saturated carbocycles. The van der Waals surface area contributed by atoms with Crippen molar-refractivity contribution >= 4 is 5.91 Å². The summed E-state index contributed by atoms with van der Waals surface area (Å²) in [5, 5.41) is 10.0. The van der Waals surface area contributed by atoms with E-state index in [1.165, 1.54) is 6.42 Å². The summed E-state index contributed by atoms with van der Waals surface area (Å²) in [4.78, 5) is 15.0. The minimum atomic E-state index is -0.637. The molecule has 120 valence electrons. The Balaban J connectivity index is 1.73. The zero-order chi connectivity index (χ0) is 16.5. The minimum Gasteiger partial charge on any atom is -0.497 e. The van der Waals surface area contributed by atoms with Crippen LogP contribution in [0.1, 0.15) is 43.5 Å². The van der Waals surface area contributed by atoms with Crippen LogP contribution in [0.15, 0.2) is 24.3 Å². The number of benzene rings is 1. The van der Waals surface area contributed by atoms with Gasteiger partial charge in [0, 0.05) is 17.5 Å². The van der Waals surface area contributed by atoms with Crippen LogP contribution < -0.4 is 4.74 Å². The summed E-state index contributed by atoms with van der Waals surface area (Å²) in [5.74, 6) is 1.29. The maximum atomic E-state index is 13.1. The van der Waals surface area contributed by atoms with Crippen molar-refractivity contribution in [2.45, 2.75) is 38.6 Å². The molecule has 1 heterocycles. The number of rotatable bonds is 2. The number of amides is 1. The number of carbonyl (C=O) groups excluding carboxylic acids is 1. The number of methoxy groups -OCH3 is 1. The highest BCUT2D eigenvalue weighted by atomic mass is 16.5. The lowest BCUT2D eigenvalue weighted by Crippen LogP contribution is -2.54. The van der Waals surface area contributed by atoms with Crippen molar-refractivity contribution in [1.82, 2.24) is 4.90 Å². The third-order valence-corrected chi connectivity index (χ3v) is 7.32. The van der Waals surface area contributed by atoms with Crippen LogP contribution in [-0.4, -0.2) is 30.0 Å². The van der Waals surface area contributed by atoms with Gasteiger partial charge in [0.2, 0.25) is 0 Å². The first-order valence-electron chi connectivity index (χ1n) is 8.29. The van der Waals surface area contributed by atoms with Crippen LogP contribution in [0.5, 0.6) is 5.75 Å². The van der Waals surface area contributed by atoms with E-state index in [4.69, 9.17) is 4.74 Å². The largest absolute Gasteiger partial charge is 0.497 e. The maximum absolute atomic E-state index is 13.1. The molecule has 1 aliphatic heterocycles. The van der Waals surface area contributed by atoms with E-state index in [2.05, 4.69) is 19.9 Å². The van der Waals surface area contributed by atoms with E-state index in [1.54, 1.807) is 31.4 Å². The molecule has 3 aliphatic rings. The Morgan fingerprint density at radius 3 is 2.61 bits per heavy atom. The molecule has 3 fully saturated rings. The Hall–Kier alpha value is -2.02. The van der Waals surface area contributed by atoms with Crippen LogP contribution in [0.4, 0.5) is 0 Å². The van der Waals surface area contributed by atoms with Gasteiger partial charge in [-0.05, 0) is 54.9 Å². The van der Waals surface area contributed by atoms with Gasteiger partial charge in [0.05, 0.1) is 13.2 Å². The fourth-order valence-electron chi connectivity index (χ4n) is 5.64. The molecular formula is C19H22N2O2. The minimum absolute atomic E-state index is 0.0236. The standard InChI is InChI=1S/C19H22N2O2/c1-17-12-21(16(22)13-4-6-15(23-3)7-5-13)19(11-20)10-14(17)8-9-18(17,19)2/h4-7,14H,8-10,12H2,1-3H3/t14-,17-,18-,19-/m0/s1. The van der Waals surface area contributed by atoms with Gasteiger partial charge in [-0.15, -0.1) is 0 Å². The van der Waals surface area contributed by atoms with Gasteiger partial charge in [-0.1, -0.05) is 13.8 Å². The van der Waals surface area contributed by atoms with E-state index in [-0.39, 0.29) is 16.7 Å². The lowest BCUT2D eigenvalue weighted by Gasteiger charge is -2.43. The van der Waals surface area contributed by atoms with Gasteiger partial charge < -0.3 is 9.64 Å². The Morgan fingerprint density at radius 1 is 1.35 bits per heavy atom. The summed E-state index contributed by atoms with van der Waals surface area (Å²) in [5.41, 5.74) is -0.00953. The van der Waals surface area contributed by atoms with Gasteiger partial charge in [0.1, 0.15) is 11.3 Å². The van der Waals surface area contributed by atoms with E-state index in [9.17, 15) is 10.1 Å². The van der Waals surface area contributed by atoms with Crippen molar-refractivity contribution in [1.29, 1.82) is 5.26 Å². The van der Waals surface area contributed by atoms with Crippen LogP contribution >= 0.6 is 0 Å². The molecule has 1 saturated heterocycles.